The Hall–Kier alpha value is -1.56. The van der Waals surface area contributed by atoms with Crippen LogP contribution in [0.25, 0.3) is 11.1 Å². The van der Waals surface area contributed by atoms with Gasteiger partial charge in [-0.15, -0.1) is 0 Å². The van der Waals surface area contributed by atoms with Crippen molar-refractivity contribution in [1.82, 2.24) is 0 Å². The second-order valence-electron chi connectivity index (χ2n) is 8.46. The summed E-state index contributed by atoms with van der Waals surface area (Å²) in [5.74, 6) is 0.754. The molecule has 27 heavy (non-hydrogen) atoms. The third-order valence-electron chi connectivity index (χ3n) is 6.39. The Morgan fingerprint density at radius 1 is 0.667 bits per heavy atom. The first-order valence-electron chi connectivity index (χ1n) is 11.5. The lowest BCUT2D eigenvalue weighted by Crippen LogP contribution is -2.03. The molecule has 0 fully saturated rings. The Morgan fingerprint density at radius 3 is 2.15 bits per heavy atom. The van der Waals surface area contributed by atoms with Gasteiger partial charge in [0.2, 0.25) is 0 Å². The fraction of sp³-hybridized carbons (Fsp3) is 0.556. The van der Waals surface area contributed by atoms with E-state index < -0.39 is 0 Å². The molecule has 0 bridgehead atoms. The molecule has 0 nitrogen and oxygen atoms in total. The lowest BCUT2D eigenvalue weighted by Gasteiger charge is -2.21. The summed E-state index contributed by atoms with van der Waals surface area (Å²) in [7, 11) is 0. The molecule has 0 N–H and O–H groups in total. The highest BCUT2D eigenvalue weighted by Gasteiger charge is 2.23. The summed E-state index contributed by atoms with van der Waals surface area (Å²) in [6, 6.07) is 16.1. The molecule has 0 amide bonds. The van der Waals surface area contributed by atoms with Crippen molar-refractivity contribution in [3.05, 3.63) is 59.2 Å². The van der Waals surface area contributed by atoms with Crippen molar-refractivity contribution in [3.63, 3.8) is 0 Å². The van der Waals surface area contributed by atoms with Crippen molar-refractivity contribution < 1.29 is 0 Å². The molecule has 0 aromatic heterocycles. The quantitative estimate of drug-likeness (QED) is 0.283. The maximum absolute atomic E-state index is 2.44. The highest BCUT2D eigenvalue weighted by Crippen LogP contribution is 2.42. The average molecular weight is 363 g/mol. The fourth-order valence-corrected chi connectivity index (χ4v) is 4.82. The minimum absolute atomic E-state index is 0.754. The van der Waals surface area contributed by atoms with E-state index in [1.165, 1.54) is 87.3 Å². The molecule has 0 saturated carbocycles. The summed E-state index contributed by atoms with van der Waals surface area (Å²) < 4.78 is 0. The van der Waals surface area contributed by atoms with Gasteiger partial charge in [0.05, 0.1) is 0 Å². The van der Waals surface area contributed by atoms with E-state index in [4.69, 9.17) is 0 Å². The molecular weight excluding hydrogens is 324 g/mol. The third kappa shape index (κ3) is 5.24. The summed E-state index contributed by atoms with van der Waals surface area (Å²) in [5.41, 5.74) is 7.78. The van der Waals surface area contributed by atoms with E-state index in [0.29, 0.717) is 0 Å². The minimum Gasteiger partial charge on any atom is -0.0654 e. The van der Waals surface area contributed by atoms with Gasteiger partial charge in [-0.2, -0.15) is 0 Å². The number of hydrogen-bond donors (Lipinski definition) is 0. The fourth-order valence-electron chi connectivity index (χ4n) is 4.82. The third-order valence-corrected chi connectivity index (χ3v) is 6.39. The van der Waals surface area contributed by atoms with Gasteiger partial charge >= 0.3 is 0 Å². The van der Waals surface area contributed by atoms with Crippen LogP contribution < -0.4 is 0 Å². The minimum atomic E-state index is 0.754. The van der Waals surface area contributed by atoms with E-state index in [9.17, 15) is 0 Å². The van der Waals surface area contributed by atoms with E-state index in [2.05, 4.69) is 56.3 Å². The van der Waals surface area contributed by atoms with Crippen LogP contribution in [0.5, 0.6) is 0 Å². The van der Waals surface area contributed by atoms with Crippen molar-refractivity contribution in [3.8, 4) is 11.1 Å². The topological polar surface area (TPSA) is 0 Å². The van der Waals surface area contributed by atoms with Crippen LogP contribution >= 0.6 is 0 Å². The van der Waals surface area contributed by atoms with Crippen LogP contribution in [0.4, 0.5) is 0 Å². The molecule has 146 valence electrons. The molecule has 0 aliphatic heterocycles. The average Bonchev–Trinajstić information content (AvgIpc) is 3.08. The zero-order valence-corrected chi connectivity index (χ0v) is 17.6. The van der Waals surface area contributed by atoms with Crippen molar-refractivity contribution >= 4 is 0 Å². The van der Waals surface area contributed by atoms with Gasteiger partial charge in [-0.1, -0.05) is 114 Å². The van der Waals surface area contributed by atoms with E-state index in [0.717, 1.165) is 12.3 Å². The highest BCUT2D eigenvalue weighted by molar-refractivity contribution is 5.78. The Balaban J connectivity index is 1.65. The number of rotatable bonds is 12. The second kappa shape index (κ2) is 10.7. The number of benzene rings is 2. The SMILES string of the molecule is CCCCCCCCCC(CCCC)c1cccc2c1Cc1ccccc1-2. The zero-order chi connectivity index (χ0) is 18.9. The second-order valence-corrected chi connectivity index (χ2v) is 8.46. The van der Waals surface area contributed by atoms with Crippen molar-refractivity contribution in [2.75, 3.05) is 0 Å². The number of fused-ring (bicyclic) bond motifs is 3. The molecule has 0 spiro atoms. The van der Waals surface area contributed by atoms with Crippen LogP contribution in [0, 0.1) is 0 Å². The maximum Gasteiger partial charge on any atom is -0.00106 e. The molecule has 1 atom stereocenters. The van der Waals surface area contributed by atoms with Gasteiger partial charge in [-0.3, -0.25) is 0 Å². The molecular formula is C27H38. The van der Waals surface area contributed by atoms with Gasteiger partial charge in [0.15, 0.2) is 0 Å². The molecule has 0 heteroatoms. The van der Waals surface area contributed by atoms with E-state index in [1.54, 1.807) is 11.1 Å². The summed E-state index contributed by atoms with van der Waals surface area (Å²) in [6.45, 7) is 4.63. The monoisotopic (exact) mass is 362 g/mol. The Kier molecular flexibility index (Phi) is 7.99. The van der Waals surface area contributed by atoms with Crippen LogP contribution in [0.2, 0.25) is 0 Å². The Bertz CT molecular complexity index is 697. The smallest absolute Gasteiger partial charge is 0.00106 e. The normalized spacial score (nSPS) is 13.4. The van der Waals surface area contributed by atoms with E-state index >= 15 is 0 Å². The molecule has 1 aliphatic rings. The van der Waals surface area contributed by atoms with Gasteiger partial charge in [-0.25, -0.2) is 0 Å². The molecule has 2 aromatic carbocycles. The lowest BCUT2D eigenvalue weighted by molar-refractivity contribution is 0.498. The van der Waals surface area contributed by atoms with Crippen molar-refractivity contribution in [1.29, 1.82) is 0 Å². The molecule has 3 rings (SSSR count). The summed E-state index contributed by atoms with van der Waals surface area (Å²) in [4.78, 5) is 0. The summed E-state index contributed by atoms with van der Waals surface area (Å²) >= 11 is 0. The highest BCUT2D eigenvalue weighted by atomic mass is 14.3. The number of hydrogen-bond acceptors (Lipinski definition) is 0. The van der Waals surface area contributed by atoms with E-state index in [1.807, 2.05) is 0 Å². The summed E-state index contributed by atoms with van der Waals surface area (Å²) in [6.07, 6.45) is 16.4. The first-order chi connectivity index (χ1) is 13.3. The standard InChI is InChI=1S/C27H38/c1-3-5-7-8-9-10-11-16-22(15-6-4-2)24-19-14-20-26-25-18-13-12-17-23(25)21-27(24)26/h12-14,17-20,22H,3-11,15-16,21H2,1-2H3. The van der Waals surface area contributed by atoms with Gasteiger partial charge in [0.25, 0.3) is 0 Å². The largest absolute Gasteiger partial charge is 0.0654 e. The predicted octanol–water partition coefficient (Wildman–Crippen LogP) is 8.67. The van der Waals surface area contributed by atoms with Crippen molar-refractivity contribution in [2.24, 2.45) is 0 Å². The van der Waals surface area contributed by atoms with Crippen LogP contribution in [-0.4, -0.2) is 0 Å². The lowest BCUT2D eigenvalue weighted by atomic mass is 9.84. The van der Waals surface area contributed by atoms with Crippen LogP contribution in [0.3, 0.4) is 0 Å². The molecule has 1 unspecified atom stereocenters. The Labute approximate surface area is 167 Å². The van der Waals surface area contributed by atoms with Gasteiger partial charge in [0.1, 0.15) is 0 Å². The molecule has 0 saturated heterocycles. The van der Waals surface area contributed by atoms with Crippen LogP contribution in [0.15, 0.2) is 42.5 Å². The predicted molar refractivity (Wildman–Crippen MR) is 120 cm³/mol. The maximum atomic E-state index is 2.44. The Morgan fingerprint density at radius 2 is 1.33 bits per heavy atom. The number of unbranched alkanes of at least 4 members (excludes halogenated alkanes) is 7. The molecule has 0 heterocycles. The van der Waals surface area contributed by atoms with E-state index in [-0.39, 0.29) is 0 Å². The summed E-state index contributed by atoms with van der Waals surface area (Å²) in [5, 5.41) is 0. The van der Waals surface area contributed by atoms with Gasteiger partial charge in [-0.05, 0) is 53.0 Å². The molecule has 2 aromatic rings. The van der Waals surface area contributed by atoms with Gasteiger partial charge in [0, 0.05) is 0 Å². The zero-order valence-electron chi connectivity index (χ0n) is 17.6. The van der Waals surface area contributed by atoms with Crippen LogP contribution in [0.1, 0.15) is 107 Å². The first-order valence-corrected chi connectivity index (χ1v) is 11.5. The first kappa shape index (κ1) is 20.2. The van der Waals surface area contributed by atoms with Crippen molar-refractivity contribution in [2.45, 2.75) is 96.8 Å². The van der Waals surface area contributed by atoms with Gasteiger partial charge < -0.3 is 0 Å². The molecule has 0 radical (unpaired) electrons. The van der Waals surface area contributed by atoms with Crippen LogP contribution in [-0.2, 0) is 6.42 Å². The molecule has 1 aliphatic carbocycles.